The second kappa shape index (κ2) is 5.83. The van der Waals surface area contributed by atoms with Gasteiger partial charge in [-0.1, -0.05) is 25.1 Å². The summed E-state index contributed by atoms with van der Waals surface area (Å²) in [6, 6.07) is 8.28. The second-order valence-corrected chi connectivity index (χ2v) is 4.43. The Balaban J connectivity index is 2.63. The van der Waals surface area contributed by atoms with Crippen LogP contribution in [0.25, 0.3) is 10.9 Å². The topological polar surface area (TPSA) is 42.1 Å². The highest BCUT2D eigenvalue weighted by Crippen LogP contribution is 2.29. The van der Waals surface area contributed by atoms with Crippen molar-refractivity contribution in [2.24, 2.45) is 5.73 Å². The molecule has 0 aliphatic carbocycles. The minimum atomic E-state index is 0.535. The van der Waals surface area contributed by atoms with Crippen LogP contribution in [0.5, 0.6) is 0 Å². The molecule has 0 spiro atoms. The van der Waals surface area contributed by atoms with Gasteiger partial charge in [-0.15, -0.1) is 0 Å². The largest absolute Gasteiger partial charge is 0.371 e. The molecule has 0 amide bonds. The quantitative estimate of drug-likeness (QED) is 0.878. The lowest BCUT2D eigenvalue weighted by atomic mass is 10.1. The van der Waals surface area contributed by atoms with E-state index < -0.39 is 0 Å². The van der Waals surface area contributed by atoms with E-state index in [1.54, 1.807) is 0 Å². The SMILES string of the molecule is CCCN(CC)c1c(CN)cnc2ccccc12. The van der Waals surface area contributed by atoms with Gasteiger partial charge in [0.25, 0.3) is 0 Å². The molecule has 0 saturated carbocycles. The number of nitrogens with two attached hydrogens (primary N) is 1. The number of benzene rings is 1. The lowest BCUT2D eigenvalue weighted by Crippen LogP contribution is -2.25. The van der Waals surface area contributed by atoms with Crippen LogP contribution in [0.1, 0.15) is 25.8 Å². The third-order valence-electron chi connectivity index (χ3n) is 3.23. The van der Waals surface area contributed by atoms with Crippen molar-refractivity contribution in [3.63, 3.8) is 0 Å². The van der Waals surface area contributed by atoms with Crippen molar-refractivity contribution in [3.05, 3.63) is 36.0 Å². The van der Waals surface area contributed by atoms with Crippen LogP contribution in [0.3, 0.4) is 0 Å². The van der Waals surface area contributed by atoms with Crippen molar-refractivity contribution < 1.29 is 0 Å². The molecule has 0 radical (unpaired) electrons. The van der Waals surface area contributed by atoms with E-state index in [0.717, 1.165) is 30.6 Å². The molecule has 0 aliphatic heterocycles. The molecule has 3 heteroatoms. The van der Waals surface area contributed by atoms with Crippen LogP contribution in [-0.2, 0) is 6.54 Å². The fourth-order valence-electron chi connectivity index (χ4n) is 2.39. The maximum absolute atomic E-state index is 5.86. The van der Waals surface area contributed by atoms with E-state index in [9.17, 15) is 0 Å². The molecule has 18 heavy (non-hydrogen) atoms. The van der Waals surface area contributed by atoms with Crippen LogP contribution in [-0.4, -0.2) is 18.1 Å². The highest BCUT2D eigenvalue weighted by atomic mass is 15.1. The number of pyridine rings is 1. The van der Waals surface area contributed by atoms with E-state index >= 15 is 0 Å². The zero-order valence-electron chi connectivity index (χ0n) is 11.2. The molecule has 0 atom stereocenters. The maximum Gasteiger partial charge on any atom is 0.0723 e. The molecule has 0 saturated heterocycles. The molecule has 3 nitrogen and oxygen atoms in total. The predicted molar refractivity (Wildman–Crippen MR) is 77.8 cm³/mol. The number of para-hydroxylation sites is 1. The number of hydrogen-bond donors (Lipinski definition) is 1. The summed E-state index contributed by atoms with van der Waals surface area (Å²) < 4.78 is 0. The van der Waals surface area contributed by atoms with Gasteiger partial charge >= 0.3 is 0 Å². The molecule has 1 aromatic heterocycles. The van der Waals surface area contributed by atoms with Crippen LogP contribution in [0, 0.1) is 0 Å². The predicted octanol–water partition coefficient (Wildman–Crippen LogP) is 2.93. The van der Waals surface area contributed by atoms with Gasteiger partial charge in [-0.25, -0.2) is 0 Å². The Hall–Kier alpha value is -1.61. The normalized spacial score (nSPS) is 10.8. The number of hydrogen-bond acceptors (Lipinski definition) is 3. The van der Waals surface area contributed by atoms with Crippen molar-refractivity contribution in [1.29, 1.82) is 0 Å². The number of fused-ring (bicyclic) bond motifs is 1. The zero-order valence-corrected chi connectivity index (χ0v) is 11.2. The smallest absolute Gasteiger partial charge is 0.0723 e. The molecular formula is C15H21N3. The van der Waals surface area contributed by atoms with Gasteiger partial charge in [0, 0.05) is 36.8 Å². The van der Waals surface area contributed by atoms with Crippen LogP contribution >= 0.6 is 0 Å². The Labute approximate surface area is 109 Å². The summed E-state index contributed by atoms with van der Waals surface area (Å²) in [6.07, 6.45) is 3.05. The summed E-state index contributed by atoms with van der Waals surface area (Å²) in [5.74, 6) is 0. The van der Waals surface area contributed by atoms with E-state index in [2.05, 4.69) is 41.9 Å². The lowest BCUT2D eigenvalue weighted by molar-refractivity contribution is 0.787. The van der Waals surface area contributed by atoms with E-state index in [0.29, 0.717) is 6.54 Å². The van der Waals surface area contributed by atoms with Gasteiger partial charge in [0.15, 0.2) is 0 Å². The van der Waals surface area contributed by atoms with Crippen LogP contribution in [0.4, 0.5) is 5.69 Å². The van der Waals surface area contributed by atoms with E-state index in [1.165, 1.54) is 11.1 Å². The maximum atomic E-state index is 5.86. The summed E-state index contributed by atoms with van der Waals surface area (Å²) in [5, 5.41) is 1.20. The highest BCUT2D eigenvalue weighted by molar-refractivity contribution is 5.93. The molecule has 0 unspecified atom stereocenters. The van der Waals surface area contributed by atoms with Gasteiger partial charge < -0.3 is 10.6 Å². The molecule has 1 aromatic carbocycles. The first-order valence-electron chi connectivity index (χ1n) is 6.63. The minimum Gasteiger partial charge on any atom is -0.371 e. The van der Waals surface area contributed by atoms with Crippen LogP contribution in [0.2, 0.25) is 0 Å². The lowest BCUT2D eigenvalue weighted by Gasteiger charge is -2.26. The first-order chi connectivity index (χ1) is 8.81. The molecule has 2 aromatic rings. The summed E-state index contributed by atoms with van der Waals surface area (Å²) >= 11 is 0. The number of aromatic nitrogens is 1. The fraction of sp³-hybridized carbons (Fsp3) is 0.400. The van der Waals surface area contributed by atoms with Crippen molar-refractivity contribution in [3.8, 4) is 0 Å². The van der Waals surface area contributed by atoms with Crippen molar-refractivity contribution >= 4 is 16.6 Å². The molecule has 2 rings (SSSR count). The number of nitrogens with zero attached hydrogens (tertiary/aromatic N) is 2. The van der Waals surface area contributed by atoms with Gasteiger partial charge in [0.05, 0.1) is 11.2 Å². The Morgan fingerprint density at radius 1 is 1.22 bits per heavy atom. The van der Waals surface area contributed by atoms with E-state index in [4.69, 9.17) is 5.73 Å². The van der Waals surface area contributed by atoms with Gasteiger partial charge in [0.2, 0.25) is 0 Å². The summed E-state index contributed by atoms with van der Waals surface area (Å²) in [6.45, 7) is 6.97. The fourth-order valence-corrected chi connectivity index (χ4v) is 2.39. The highest BCUT2D eigenvalue weighted by Gasteiger charge is 2.12. The zero-order chi connectivity index (χ0) is 13.0. The first kappa shape index (κ1) is 12.8. The Kier molecular flexibility index (Phi) is 4.15. The summed E-state index contributed by atoms with van der Waals surface area (Å²) in [7, 11) is 0. The van der Waals surface area contributed by atoms with E-state index in [-0.39, 0.29) is 0 Å². The first-order valence-corrected chi connectivity index (χ1v) is 6.63. The Bertz CT molecular complexity index is 522. The molecule has 1 heterocycles. The van der Waals surface area contributed by atoms with E-state index in [1.807, 2.05) is 12.3 Å². The number of rotatable bonds is 5. The molecule has 0 aliphatic rings. The standard InChI is InChI=1S/C15H21N3/c1-3-9-18(4-2)15-12(10-16)11-17-14-8-6-5-7-13(14)15/h5-8,11H,3-4,9-10,16H2,1-2H3. The van der Waals surface area contributed by atoms with Crippen molar-refractivity contribution in [1.82, 2.24) is 4.98 Å². The van der Waals surface area contributed by atoms with Crippen molar-refractivity contribution in [2.45, 2.75) is 26.8 Å². The molecule has 0 fully saturated rings. The third kappa shape index (κ3) is 2.31. The third-order valence-corrected chi connectivity index (χ3v) is 3.23. The van der Waals surface area contributed by atoms with Crippen LogP contribution < -0.4 is 10.6 Å². The molecule has 96 valence electrons. The number of anilines is 1. The summed E-state index contributed by atoms with van der Waals surface area (Å²) in [5.41, 5.74) is 9.29. The van der Waals surface area contributed by atoms with Gasteiger partial charge in [-0.3, -0.25) is 4.98 Å². The van der Waals surface area contributed by atoms with Gasteiger partial charge in [-0.2, -0.15) is 0 Å². The Morgan fingerprint density at radius 3 is 2.67 bits per heavy atom. The molecular weight excluding hydrogens is 222 g/mol. The second-order valence-electron chi connectivity index (χ2n) is 4.43. The van der Waals surface area contributed by atoms with Crippen LogP contribution in [0.15, 0.2) is 30.5 Å². The molecule has 0 bridgehead atoms. The van der Waals surface area contributed by atoms with Crippen molar-refractivity contribution in [2.75, 3.05) is 18.0 Å². The van der Waals surface area contributed by atoms with Gasteiger partial charge in [-0.05, 0) is 19.4 Å². The van der Waals surface area contributed by atoms with Gasteiger partial charge in [0.1, 0.15) is 0 Å². The average Bonchev–Trinajstić information content (AvgIpc) is 2.43. The summed E-state index contributed by atoms with van der Waals surface area (Å²) in [4.78, 5) is 6.88. The Morgan fingerprint density at radius 2 is 2.00 bits per heavy atom. The minimum absolute atomic E-state index is 0.535. The monoisotopic (exact) mass is 243 g/mol. The average molecular weight is 243 g/mol. The molecule has 2 N–H and O–H groups in total.